The first-order valence-electron chi connectivity index (χ1n) is 11.7. The van der Waals surface area contributed by atoms with Crippen LogP contribution in [0.4, 0.5) is 0 Å². The highest BCUT2D eigenvalue weighted by Crippen LogP contribution is 2.49. The van der Waals surface area contributed by atoms with E-state index in [1.54, 1.807) is 66.2 Å². The van der Waals surface area contributed by atoms with E-state index in [0.717, 1.165) is 42.2 Å². The van der Waals surface area contributed by atoms with Crippen LogP contribution in [0.5, 0.6) is 34.5 Å². The minimum Gasteiger partial charge on any atom is -0.496 e. The standard InChI is InChI=1S/C30H30O6S2/c1-31-21-11-7-9-13-27(21)37-29-17-23(33-3)19(15-25(29)35-5)20-16-26(36-6)30(18-24(20)34-4)38-28-14-10-8-12-22(28)32-2/h7-18H,1-6H3. The lowest BCUT2D eigenvalue weighted by atomic mass is 10.0. The molecule has 0 saturated carbocycles. The molecule has 0 fully saturated rings. The number of ether oxygens (including phenoxy) is 6. The molecule has 0 saturated heterocycles. The van der Waals surface area contributed by atoms with Crippen molar-refractivity contribution in [2.75, 3.05) is 42.7 Å². The summed E-state index contributed by atoms with van der Waals surface area (Å²) < 4.78 is 34.4. The molecular weight excluding hydrogens is 520 g/mol. The summed E-state index contributed by atoms with van der Waals surface area (Å²) in [6, 6.07) is 23.6. The first-order chi connectivity index (χ1) is 18.6. The smallest absolute Gasteiger partial charge is 0.133 e. The van der Waals surface area contributed by atoms with Crippen molar-refractivity contribution in [3.05, 3.63) is 72.8 Å². The summed E-state index contributed by atoms with van der Waals surface area (Å²) in [7, 11) is 9.94. The fourth-order valence-electron chi connectivity index (χ4n) is 3.96. The van der Waals surface area contributed by atoms with Crippen LogP contribution < -0.4 is 28.4 Å². The molecule has 0 aliphatic heterocycles. The monoisotopic (exact) mass is 550 g/mol. The zero-order valence-corrected chi connectivity index (χ0v) is 23.8. The molecule has 38 heavy (non-hydrogen) atoms. The maximum absolute atomic E-state index is 5.85. The fraction of sp³-hybridized carbons (Fsp3) is 0.200. The van der Waals surface area contributed by atoms with Crippen molar-refractivity contribution in [1.29, 1.82) is 0 Å². The van der Waals surface area contributed by atoms with Gasteiger partial charge in [-0.15, -0.1) is 0 Å². The van der Waals surface area contributed by atoms with E-state index in [1.807, 2.05) is 72.8 Å². The van der Waals surface area contributed by atoms with Crippen molar-refractivity contribution in [3.8, 4) is 45.6 Å². The van der Waals surface area contributed by atoms with Gasteiger partial charge >= 0.3 is 0 Å². The molecule has 0 atom stereocenters. The summed E-state index contributed by atoms with van der Waals surface area (Å²) >= 11 is 3.09. The highest BCUT2D eigenvalue weighted by Gasteiger charge is 2.21. The second kappa shape index (κ2) is 12.8. The summed E-state index contributed by atoms with van der Waals surface area (Å²) in [5.74, 6) is 4.33. The molecule has 0 radical (unpaired) electrons. The van der Waals surface area contributed by atoms with E-state index in [-0.39, 0.29) is 0 Å². The Kier molecular flexibility index (Phi) is 9.20. The van der Waals surface area contributed by atoms with Gasteiger partial charge in [-0.1, -0.05) is 47.8 Å². The van der Waals surface area contributed by atoms with Crippen molar-refractivity contribution in [3.63, 3.8) is 0 Å². The van der Waals surface area contributed by atoms with E-state index in [9.17, 15) is 0 Å². The van der Waals surface area contributed by atoms with Crippen molar-refractivity contribution in [1.82, 2.24) is 0 Å². The van der Waals surface area contributed by atoms with Gasteiger partial charge in [-0.3, -0.25) is 0 Å². The Balaban J connectivity index is 1.80. The van der Waals surface area contributed by atoms with Gasteiger partial charge in [0.05, 0.1) is 62.2 Å². The number of rotatable bonds is 11. The lowest BCUT2D eigenvalue weighted by Gasteiger charge is -2.19. The van der Waals surface area contributed by atoms with E-state index < -0.39 is 0 Å². The molecule has 0 bridgehead atoms. The molecule has 0 N–H and O–H groups in total. The minimum atomic E-state index is 0.675. The van der Waals surface area contributed by atoms with E-state index in [4.69, 9.17) is 28.4 Å². The number of para-hydroxylation sites is 2. The molecule has 0 amide bonds. The average molecular weight is 551 g/mol. The van der Waals surface area contributed by atoms with E-state index >= 15 is 0 Å². The summed E-state index contributed by atoms with van der Waals surface area (Å²) in [6.45, 7) is 0. The van der Waals surface area contributed by atoms with Crippen LogP contribution >= 0.6 is 23.5 Å². The van der Waals surface area contributed by atoms with Gasteiger partial charge in [0, 0.05) is 11.1 Å². The number of benzene rings is 4. The lowest BCUT2D eigenvalue weighted by Crippen LogP contribution is -1.97. The third-order valence-corrected chi connectivity index (χ3v) is 8.03. The molecule has 0 spiro atoms. The third kappa shape index (κ3) is 5.76. The zero-order chi connectivity index (χ0) is 27.1. The van der Waals surface area contributed by atoms with Crippen molar-refractivity contribution in [2.24, 2.45) is 0 Å². The summed E-state index contributed by atoms with van der Waals surface area (Å²) in [5.41, 5.74) is 1.63. The Bertz CT molecular complexity index is 1300. The molecule has 4 rings (SSSR count). The van der Waals surface area contributed by atoms with Gasteiger partial charge in [-0.05, 0) is 48.5 Å². The maximum atomic E-state index is 5.85. The Hall–Kier alpha value is -3.62. The third-order valence-electron chi connectivity index (χ3n) is 5.84. The average Bonchev–Trinajstić information content (AvgIpc) is 2.97. The largest absolute Gasteiger partial charge is 0.496 e. The summed E-state index contributed by atoms with van der Waals surface area (Å²) in [5, 5.41) is 0. The maximum Gasteiger partial charge on any atom is 0.133 e. The summed E-state index contributed by atoms with van der Waals surface area (Å²) in [4.78, 5) is 3.74. The zero-order valence-electron chi connectivity index (χ0n) is 22.2. The fourth-order valence-corrected chi connectivity index (χ4v) is 6.05. The van der Waals surface area contributed by atoms with Crippen LogP contribution in [0.1, 0.15) is 0 Å². The quantitative estimate of drug-likeness (QED) is 0.188. The molecule has 4 aromatic carbocycles. The van der Waals surface area contributed by atoms with Crippen LogP contribution in [-0.4, -0.2) is 42.7 Å². The number of hydrogen-bond acceptors (Lipinski definition) is 8. The molecule has 4 aromatic rings. The molecule has 0 heterocycles. The van der Waals surface area contributed by atoms with Crippen LogP contribution in [0.15, 0.2) is 92.4 Å². The van der Waals surface area contributed by atoms with Gasteiger partial charge in [0.1, 0.15) is 34.5 Å². The van der Waals surface area contributed by atoms with Crippen LogP contribution in [0.3, 0.4) is 0 Å². The molecule has 0 unspecified atom stereocenters. The molecule has 0 aliphatic carbocycles. The van der Waals surface area contributed by atoms with Crippen LogP contribution in [0.25, 0.3) is 11.1 Å². The second-order valence-electron chi connectivity index (χ2n) is 7.91. The topological polar surface area (TPSA) is 55.4 Å². The molecule has 0 aromatic heterocycles. The number of methoxy groups -OCH3 is 6. The Morgan fingerprint density at radius 3 is 1.05 bits per heavy atom. The van der Waals surface area contributed by atoms with Crippen LogP contribution in [0, 0.1) is 0 Å². The first kappa shape index (κ1) is 27.4. The van der Waals surface area contributed by atoms with Crippen molar-refractivity contribution in [2.45, 2.75) is 19.6 Å². The van der Waals surface area contributed by atoms with Crippen molar-refractivity contribution >= 4 is 23.5 Å². The Labute approximate surface area is 232 Å². The minimum absolute atomic E-state index is 0.675. The van der Waals surface area contributed by atoms with E-state index in [1.165, 1.54) is 0 Å². The van der Waals surface area contributed by atoms with E-state index in [0.29, 0.717) is 23.0 Å². The predicted octanol–water partition coefficient (Wildman–Crippen LogP) is 7.71. The second-order valence-corrected chi connectivity index (χ2v) is 10.1. The molecular formula is C30H30O6S2. The first-order valence-corrected chi connectivity index (χ1v) is 13.3. The highest BCUT2D eigenvalue weighted by molar-refractivity contribution is 7.99. The highest BCUT2D eigenvalue weighted by atomic mass is 32.2. The van der Waals surface area contributed by atoms with Crippen LogP contribution in [-0.2, 0) is 0 Å². The van der Waals surface area contributed by atoms with Gasteiger partial charge in [0.15, 0.2) is 0 Å². The lowest BCUT2D eigenvalue weighted by molar-refractivity contribution is 0.390. The van der Waals surface area contributed by atoms with Gasteiger partial charge in [-0.25, -0.2) is 0 Å². The molecule has 8 heteroatoms. The van der Waals surface area contributed by atoms with Gasteiger partial charge < -0.3 is 28.4 Å². The normalized spacial score (nSPS) is 10.6. The van der Waals surface area contributed by atoms with Crippen molar-refractivity contribution < 1.29 is 28.4 Å². The Morgan fingerprint density at radius 1 is 0.368 bits per heavy atom. The van der Waals surface area contributed by atoms with E-state index in [2.05, 4.69) is 0 Å². The summed E-state index contributed by atoms with van der Waals surface area (Å²) in [6.07, 6.45) is 0. The van der Waals surface area contributed by atoms with Gasteiger partial charge in [0.25, 0.3) is 0 Å². The van der Waals surface area contributed by atoms with Gasteiger partial charge in [-0.2, -0.15) is 0 Å². The SMILES string of the molecule is COc1ccccc1Sc1cc(OC)c(-c2cc(OC)c(Sc3ccccc3OC)cc2OC)cc1OC. The molecule has 0 aliphatic rings. The van der Waals surface area contributed by atoms with Crippen LogP contribution in [0.2, 0.25) is 0 Å². The predicted molar refractivity (Wildman–Crippen MR) is 152 cm³/mol. The van der Waals surface area contributed by atoms with Gasteiger partial charge in [0.2, 0.25) is 0 Å². The number of hydrogen-bond donors (Lipinski definition) is 0. The molecule has 6 nitrogen and oxygen atoms in total. The Morgan fingerprint density at radius 2 is 0.711 bits per heavy atom. The molecule has 198 valence electrons.